The van der Waals surface area contributed by atoms with Crippen molar-refractivity contribution in [2.45, 2.75) is 57.9 Å². The largest absolute Gasteiger partial charge is 0.493 e. The number of hydrogen-bond acceptors (Lipinski definition) is 3. The highest BCUT2D eigenvalue weighted by Gasteiger charge is 2.42. The van der Waals surface area contributed by atoms with Crippen LogP contribution >= 0.6 is 0 Å². The minimum Gasteiger partial charge on any atom is -0.493 e. The van der Waals surface area contributed by atoms with E-state index in [4.69, 9.17) is 9.47 Å². The predicted molar refractivity (Wildman–Crippen MR) is 104 cm³/mol. The second-order valence-electron chi connectivity index (χ2n) is 7.05. The number of aliphatic imine (C=N–C) groups is 1. The SMILES string of the molecule is CCNC(=NCC(C)Oc1ccccc1OC)NC1CCCC(C(F)(F)F)C1. The molecule has 0 radical (unpaired) electrons. The molecule has 1 aromatic carbocycles. The number of halogens is 3. The van der Waals surface area contributed by atoms with Gasteiger partial charge in [0, 0.05) is 12.6 Å². The molecule has 0 aromatic heterocycles. The molecular formula is C20H30F3N3O2. The van der Waals surface area contributed by atoms with Crippen LogP contribution in [0, 0.1) is 5.92 Å². The fourth-order valence-corrected chi connectivity index (χ4v) is 3.32. The molecule has 1 aliphatic carbocycles. The lowest BCUT2D eigenvalue weighted by molar-refractivity contribution is -0.183. The van der Waals surface area contributed by atoms with Gasteiger partial charge in [-0.3, -0.25) is 0 Å². The molecule has 1 aliphatic rings. The van der Waals surface area contributed by atoms with Crippen molar-refractivity contribution < 1.29 is 22.6 Å². The minimum atomic E-state index is -4.13. The molecule has 0 spiro atoms. The Morgan fingerprint density at radius 3 is 2.61 bits per heavy atom. The van der Waals surface area contributed by atoms with Crippen LogP contribution < -0.4 is 20.1 Å². The Morgan fingerprint density at radius 2 is 1.96 bits per heavy atom. The lowest BCUT2D eigenvalue weighted by Crippen LogP contribution is -2.47. The van der Waals surface area contributed by atoms with Crippen molar-refractivity contribution >= 4 is 5.96 Å². The van der Waals surface area contributed by atoms with Gasteiger partial charge in [0.1, 0.15) is 6.10 Å². The third-order valence-electron chi connectivity index (χ3n) is 4.73. The first kappa shape index (κ1) is 22.2. The third kappa shape index (κ3) is 6.80. The summed E-state index contributed by atoms with van der Waals surface area (Å²) in [6.07, 6.45) is -2.78. The summed E-state index contributed by atoms with van der Waals surface area (Å²) in [6, 6.07) is 7.13. The van der Waals surface area contributed by atoms with E-state index >= 15 is 0 Å². The van der Waals surface area contributed by atoms with E-state index in [-0.39, 0.29) is 25.0 Å². The number of nitrogens with zero attached hydrogens (tertiary/aromatic N) is 1. The van der Waals surface area contributed by atoms with Crippen molar-refractivity contribution in [1.82, 2.24) is 10.6 Å². The van der Waals surface area contributed by atoms with Crippen LogP contribution in [0.5, 0.6) is 11.5 Å². The summed E-state index contributed by atoms with van der Waals surface area (Å²) >= 11 is 0. The monoisotopic (exact) mass is 401 g/mol. The highest BCUT2D eigenvalue weighted by atomic mass is 19.4. The summed E-state index contributed by atoms with van der Waals surface area (Å²) in [4.78, 5) is 4.49. The molecule has 8 heteroatoms. The van der Waals surface area contributed by atoms with Gasteiger partial charge in [0.25, 0.3) is 0 Å². The molecule has 28 heavy (non-hydrogen) atoms. The van der Waals surface area contributed by atoms with Gasteiger partial charge in [-0.2, -0.15) is 13.2 Å². The van der Waals surface area contributed by atoms with Crippen LogP contribution in [-0.4, -0.2) is 44.5 Å². The van der Waals surface area contributed by atoms with Crippen LogP contribution in [0.25, 0.3) is 0 Å². The molecule has 0 heterocycles. The van der Waals surface area contributed by atoms with E-state index in [0.29, 0.717) is 43.4 Å². The van der Waals surface area contributed by atoms with Gasteiger partial charge < -0.3 is 20.1 Å². The molecule has 0 bridgehead atoms. The first-order valence-electron chi connectivity index (χ1n) is 9.74. The maximum absolute atomic E-state index is 13.0. The maximum atomic E-state index is 13.0. The van der Waals surface area contributed by atoms with Crippen LogP contribution in [-0.2, 0) is 0 Å². The molecule has 0 amide bonds. The van der Waals surface area contributed by atoms with E-state index in [1.54, 1.807) is 7.11 Å². The number of hydrogen-bond donors (Lipinski definition) is 2. The molecule has 0 aliphatic heterocycles. The van der Waals surface area contributed by atoms with Gasteiger partial charge in [0.05, 0.1) is 19.6 Å². The van der Waals surface area contributed by atoms with Crippen LogP contribution in [0.15, 0.2) is 29.3 Å². The second kappa shape index (κ2) is 10.4. The first-order chi connectivity index (χ1) is 13.3. The van der Waals surface area contributed by atoms with Gasteiger partial charge in [-0.05, 0) is 45.2 Å². The van der Waals surface area contributed by atoms with Crippen LogP contribution in [0.3, 0.4) is 0 Å². The van der Waals surface area contributed by atoms with E-state index in [9.17, 15) is 13.2 Å². The lowest BCUT2D eigenvalue weighted by Gasteiger charge is -2.32. The Morgan fingerprint density at radius 1 is 1.25 bits per heavy atom. The summed E-state index contributed by atoms with van der Waals surface area (Å²) in [5, 5.41) is 6.26. The summed E-state index contributed by atoms with van der Waals surface area (Å²) in [7, 11) is 1.58. The maximum Gasteiger partial charge on any atom is 0.391 e. The highest BCUT2D eigenvalue weighted by molar-refractivity contribution is 5.80. The molecule has 1 fully saturated rings. The standard InChI is InChI=1S/C20H30F3N3O2/c1-4-24-19(26-16-9-7-8-15(12-16)20(21,22)23)25-13-14(2)28-18-11-6-5-10-17(18)27-3/h5-6,10-11,14-16H,4,7-9,12-13H2,1-3H3,(H2,24,25,26). The molecular weight excluding hydrogens is 371 g/mol. The molecule has 1 saturated carbocycles. The van der Waals surface area contributed by atoms with E-state index in [2.05, 4.69) is 15.6 Å². The molecule has 1 aromatic rings. The Labute approximate surface area is 164 Å². The van der Waals surface area contributed by atoms with Gasteiger partial charge in [0.2, 0.25) is 0 Å². The number of guanidine groups is 1. The normalized spacial score (nSPS) is 21.7. The van der Waals surface area contributed by atoms with Crippen LogP contribution in [0.2, 0.25) is 0 Å². The quantitative estimate of drug-likeness (QED) is 0.533. The molecule has 2 rings (SSSR count). The summed E-state index contributed by atoms with van der Waals surface area (Å²) in [6.45, 7) is 4.80. The van der Waals surface area contributed by atoms with Crippen molar-refractivity contribution in [3.8, 4) is 11.5 Å². The van der Waals surface area contributed by atoms with Crippen LogP contribution in [0.4, 0.5) is 13.2 Å². The number of rotatable bonds is 7. The average Bonchev–Trinajstić information content (AvgIpc) is 2.66. The summed E-state index contributed by atoms with van der Waals surface area (Å²) in [5.41, 5.74) is 0. The molecule has 3 unspecified atom stereocenters. The number of para-hydroxylation sites is 2. The number of nitrogens with one attached hydrogen (secondary N) is 2. The Balaban J connectivity index is 1.94. The zero-order chi connectivity index (χ0) is 20.6. The topological polar surface area (TPSA) is 54.9 Å². The molecule has 0 saturated heterocycles. The van der Waals surface area contributed by atoms with Gasteiger partial charge in [0.15, 0.2) is 17.5 Å². The fraction of sp³-hybridized carbons (Fsp3) is 0.650. The van der Waals surface area contributed by atoms with Gasteiger partial charge in [-0.1, -0.05) is 18.6 Å². The van der Waals surface area contributed by atoms with Crippen LogP contribution in [0.1, 0.15) is 39.5 Å². The van der Waals surface area contributed by atoms with E-state index in [0.717, 1.165) is 0 Å². The fourth-order valence-electron chi connectivity index (χ4n) is 3.32. The summed E-state index contributed by atoms with van der Waals surface area (Å²) < 4.78 is 50.2. The van der Waals surface area contributed by atoms with Crippen molar-refractivity contribution in [2.75, 3.05) is 20.2 Å². The Kier molecular flexibility index (Phi) is 8.26. The van der Waals surface area contributed by atoms with Gasteiger partial charge >= 0.3 is 6.18 Å². The average molecular weight is 401 g/mol. The van der Waals surface area contributed by atoms with E-state index < -0.39 is 12.1 Å². The zero-order valence-corrected chi connectivity index (χ0v) is 16.7. The number of alkyl halides is 3. The smallest absolute Gasteiger partial charge is 0.391 e. The van der Waals surface area contributed by atoms with E-state index in [1.807, 2.05) is 38.1 Å². The number of benzene rings is 1. The van der Waals surface area contributed by atoms with Gasteiger partial charge in [-0.25, -0.2) is 4.99 Å². The van der Waals surface area contributed by atoms with Gasteiger partial charge in [-0.15, -0.1) is 0 Å². The predicted octanol–water partition coefficient (Wildman–Crippen LogP) is 4.14. The van der Waals surface area contributed by atoms with Crippen molar-refractivity contribution in [2.24, 2.45) is 10.9 Å². The van der Waals surface area contributed by atoms with Crippen molar-refractivity contribution in [1.29, 1.82) is 0 Å². The van der Waals surface area contributed by atoms with E-state index in [1.165, 1.54) is 0 Å². The van der Waals surface area contributed by atoms with Crippen molar-refractivity contribution in [3.05, 3.63) is 24.3 Å². The number of methoxy groups -OCH3 is 1. The number of ether oxygens (including phenoxy) is 2. The Hall–Kier alpha value is -2.12. The molecule has 5 nitrogen and oxygen atoms in total. The molecule has 2 N–H and O–H groups in total. The molecule has 158 valence electrons. The first-order valence-corrected chi connectivity index (χ1v) is 9.74. The highest BCUT2D eigenvalue weighted by Crippen LogP contribution is 2.37. The minimum absolute atomic E-state index is 0.0845. The second-order valence-corrected chi connectivity index (χ2v) is 7.05. The summed E-state index contributed by atoms with van der Waals surface area (Å²) in [5.74, 6) is 0.551. The lowest BCUT2D eigenvalue weighted by atomic mass is 9.85. The van der Waals surface area contributed by atoms with Crippen molar-refractivity contribution in [3.63, 3.8) is 0 Å². The zero-order valence-electron chi connectivity index (χ0n) is 16.7. The molecule has 3 atom stereocenters. The third-order valence-corrected chi connectivity index (χ3v) is 4.73. The Bertz CT molecular complexity index is 637.